The zero-order valence-electron chi connectivity index (χ0n) is 16.9. The standard InChI is InChI=1S/C23H23N3O4/c1-13-20(23(29)26-19-8-3-4-11-24-19)21(14-9-10-16(27)18(12-14)30-2)22-15(25-13)6-5-7-17(22)28/h3-4,8-12,21,25,27H,5-7H2,1-2H3,(H,24,26,29)/t21-/m1/s1. The third-order valence-corrected chi connectivity index (χ3v) is 5.46. The number of dihydropyridines is 1. The Morgan fingerprint density at radius 2 is 2.10 bits per heavy atom. The van der Waals surface area contributed by atoms with Gasteiger partial charge >= 0.3 is 0 Å². The van der Waals surface area contributed by atoms with Crippen LogP contribution in [-0.2, 0) is 9.59 Å². The largest absolute Gasteiger partial charge is 0.504 e. The molecule has 1 aromatic carbocycles. The van der Waals surface area contributed by atoms with E-state index < -0.39 is 5.92 Å². The first-order chi connectivity index (χ1) is 14.5. The van der Waals surface area contributed by atoms with Crippen molar-refractivity contribution >= 4 is 17.5 Å². The van der Waals surface area contributed by atoms with Crippen molar-refractivity contribution in [2.45, 2.75) is 32.1 Å². The van der Waals surface area contributed by atoms with Gasteiger partial charge in [0.25, 0.3) is 5.91 Å². The molecule has 2 heterocycles. The van der Waals surface area contributed by atoms with Gasteiger partial charge in [0.15, 0.2) is 17.3 Å². The lowest BCUT2D eigenvalue weighted by molar-refractivity contribution is -0.116. The summed E-state index contributed by atoms with van der Waals surface area (Å²) in [5.74, 6) is -0.151. The van der Waals surface area contributed by atoms with Crippen molar-refractivity contribution < 1.29 is 19.4 Å². The number of pyridine rings is 1. The fourth-order valence-electron chi connectivity index (χ4n) is 4.11. The van der Waals surface area contributed by atoms with Gasteiger partial charge in [-0.25, -0.2) is 4.98 Å². The minimum atomic E-state index is -0.563. The quantitative estimate of drug-likeness (QED) is 0.721. The highest BCUT2D eigenvalue weighted by atomic mass is 16.5. The summed E-state index contributed by atoms with van der Waals surface area (Å²) in [6.07, 6.45) is 3.57. The van der Waals surface area contributed by atoms with Gasteiger partial charge in [-0.1, -0.05) is 12.1 Å². The molecule has 0 bridgehead atoms. The highest BCUT2D eigenvalue weighted by Gasteiger charge is 2.38. The molecule has 7 heteroatoms. The van der Waals surface area contributed by atoms with Crippen molar-refractivity contribution in [3.63, 3.8) is 0 Å². The Kier molecular flexibility index (Phi) is 5.27. The summed E-state index contributed by atoms with van der Waals surface area (Å²) in [6, 6.07) is 10.2. The number of hydrogen-bond donors (Lipinski definition) is 3. The lowest BCUT2D eigenvalue weighted by Gasteiger charge is -2.34. The molecule has 2 aliphatic rings. The van der Waals surface area contributed by atoms with Crippen molar-refractivity contribution in [3.05, 3.63) is 70.7 Å². The van der Waals surface area contributed by atoms with E-state index in [0.717, 1.165) is 18.5 Å². The third-order valence-electron chi connectivity index (χ3n) is 5.46. The number of rotatable bonds is 4. The maximum Gasteiger partial charge on any atom is 0.255 e. The number of ether oxygens (including phenoxy) is 1. The molecule has 4 rings (SSSR count). The van der Waals surface area contributed by atoms with Gasteiger partial charge in [0, 0.05) is 41.1 Å². The van der Waals surface area contributed by atoms with Gasteiger partial charge in [0.05, 0.1) is 7.11 Å². The second-order valence-electron chi connectivity index (χ2n) is 7.37. The lowest BCUT2D eigenvalue weighted by Crippen LogP contribution is -2.35. The van der Waals surface area contributed by atoms with Gasteiger partial charge in [-0.15, -0.1) is 0 Å². The van der Waals surface area contributed by atoms with E-state index in [4.69, 9.17) is 4.74 Å². The number of methoxy groups -OCH3 is 1. The van der Waals surface area contributed by atoms with E-state index in [2.05, 4.69) is 15.6 Å². The molecular weight excluding hydrogens is 382 g/mol. The first kappa shape index (κ1) is 19.7. The van der Waals surface area contributed by atoms with Crippen molar-refractivity contribution in [2.24, 2.45) is 0 Å². The SMILES string of the molecule is COc1cc([C@@H]2C(C(=O)Nc3ccccn3)=C(C)NC3=C2C(=O)CCC3)ccc1O. The number of Topliss-reactive ketones (excluding diaryl/α,β-unsaturated/α-hetero) is 1. The number of phenolic OH excluding ortho intramolecular Hbond substituents is 1. The zero-order chi connectivity index (χ0) is 21.3. The average molecular weight is 405 g/mol. The van der Waals surface area contributed by atoms with E-state index in [1.54, 1.807) is 36.5 Å². The lowest BCUT2D eigenvalue weighted by atomic mass is 9.75. The summed E-state index contributed by atoms with van der Waals surface area (Å²) >= 11 is 0. The molecular formula is C23H23N3O4. The van der Waals surface area contributed by atoms with Crippen LogP contribution < -0.4 is 15.4 Å². The maximum absolute atomic E-state index is 13.3. The van der Waals surface area contributed by atoms with E-state index in [1.165, 1.54) is 13.2 Å². The normalized spacial score (nSPS) is 18.6. The Hall–Kier alpha value is -3.61. The smallest absolute Gasteiger partial charge is 0.255 e. The first-order valence-electron chi connectivity index (χ1n) is 9.83. The number of aromatic nitrogens is 1. The number of phenols is 1. The summed E-state index contributed by atoms with van der Waals surface area (Å²) in [5, 5.41) is 16.1. The van der Waals surface area contributed by atoms with Crippen LogP contribution in [0.5, 0.6) is 11.5 Å². The predicted octanol–water partition coefficient (Wildman–Crippen LogP) is 3.40. The van der Waals surface area contributed by atoms with E-state index >= 15 is 0 Å². The molecule has 0 saturated heterocycles. The van der Waals surface area contributed by atoms with E-state index in [9.17, 15) is 14.7 Å². The number of hydrogen-bond acceptors (Lipinski definition) is 6. The van der Waals surface area contributed by atoms with Crippen LogP contribution in [0, 0.1) is 0 Å². The van der Waals surface area contributed by atoms with Crippen LogP contribution in [0.1, 0.15) is 37.7 Å². The molecule has 154 valence electrons. The maximum atomic E-state index is 13.3. The van der Waals surface area contributed by atoms with Gasteiger partial charge in [-0.3, -0.25) is 9.59 Å². The summed E-state index contributed by atoms with van der Waals surface area (Å²) in [7, 11) is 1.47. The van der Waals surface area contributed by atoms with Crippen LogP contribution in [0.3, 0.4) is 0 Å². The van der Waals surface area contributed by atoms with E-state index in [1.807, 2.05) is 6.92 Å². The molecule has 1 aliphatic heterocycles. The van der Waals surface area contributed by atoms with Crippen molar-refractivity contribution in [2.75, 3.05) is 12.4 Å². The minimum Gasteiger partial charge on any atom is -0.504 e. The van der Waals surface area contributed by atoms with E-state index in [0.29, 0.717) is 40.4 Å². The molecule has 0 saturated carbocycles. The molecule has 1 aliphatic carbocycles. The number of allylic oxidation sites excluding steroid dienone is 3. The Labute approximate surface area is 174 Å². The number of carbonyl (C=O) groups is 2. The fraction of sp³-hybridized carbons (Fsp3) is 0.261. The predicted molar refractivity (Wildman–Crippen MR) is 112 cm³/mol. The minimum absolute atomic E-state index is 0.000420. The second-order valence-corrected chi connectivity index (χ2v) is 7.37. The summed E-state index contributed by atoms with van der Waals surface area (Å²) in [4.78, 5) is 30.4. The molecule has 30 heavy (non-hydrogen) atoms. The monoisotopic (exact) mass is 405 g/mol. The van der Waals surface area contributed by atoms with Crippen LogP contribution in [0.25, 0.3) is 0 Å². The summed E-state index contributed by atoms with van der Waals surface area (Å²) in [6.45, 7) is 1.83. The van der Waals surface area contributed by atoms with Crippen LogP contribution in [0.2, 0.25) is 0 Å². The summed E-state index contributed by atoms with van der Waals surface area (Å²) < 4.78 is 5.26. The molecule has 3 N–H and O–H groups in total. The first-order valence-corrected chi connectivity index (χ1v) is 9.83. The van der Waals surface area contributed by atoms with Crippen molar-refractivity contribution in [1.82, 2.24) is 10.3 Å². The van der Waals surface area contributed by atoms with Gasteiger partial charge in [0.1, 0.15) is 5.82 Å². The van der Waals surface area contributed by atoms with Crippen LogP contribution in [-0.4, -0.2) is 28.9 Å². The van der Waals surface area contributed by atoms with Gasteiger partial charge in [-0.05, 0) is 49.6 Å². The molecule has 0 fully saturated rings. The fourth-order valence-corrected chi connectivity index (χ4v) is 4.11. The number of carbonyl (C=O) groups excluding carboxylic acids is 2. The van der Waals surface area contributed by atoms with Crippen LogP contribution >= 0.6 is 0 Å². The molecule has 2 aromatic rings. The van der Waals surface area contributed by atoms with Gasteiger partial charge in [-0.2, -0.15) is 0 Å². The number of nitrogens with zero attached hydrogens (tertiary/aromatic N) is 1. The molecule has 1 aromatic heterocycles. The number of aromatic hydroxyl groups is 1. The highest BCUT2D eigenvalue weighted by Crippen LogP contribution is 2.44. The van der Waals surface area contributed by atoms with Gasteiger partial charge in [0.2, 0.25) is 0 Å². The molecule has 0 radical (unpaired) electrons. The Morgan fingerprint density at radius 1 is 1.27 bits per heavy atom. The van der Waals surface area contributed by atoms with Crippen LogP contribution in [0.15, 0.2) is 65.1 Å². The zero-order valence-corrected chi connectivity index (χ0v) is 16.9. The Bertz CT molecular complexity index is 1070. The number of ketones is 1. The number of amides is 1. The molecule has 1 amide bonds. The Morgan fingerprint density at radius 3 is 2.83 bits per heavy atom. The summed E-state index contributed by atoms with van der Waals surface area (Å²) in [5.41, 5.74) is 3.30. The number of anilines is 1. The highest BCUT2D eigenvalue weighted by molar-refractivity contribution is 6.09. The van der Waals surface area contributed by atoms with E-state index in [-0.39, 0.29) is 17.4 Å². The average Bonchev–Trinajstić information content (AvgIpc) is 2.74. The number of benzene rings is 1. The Balaban J connectivity index is 1.82. The molecule has 7 nitrogen and oxygen atoms in total. The second kappa shape index (κ2) is 8.02. The molecule has 0 spiro atoms. The topological polar surface area (TPSA) is 101 Å². The molecule has 0 unspecified atom stereocenters. The molecule has 1 atom stereocenters. The number of nitrogens with one attached hydrogen (secondary N) is 2. The van der Waals surface area contributed by atoms with Crippen molar-refractivity contribution in [1.29, 1.82) is 0 Å². The van der Waals surface area contributed by atoms with Gasteiger partial charge < -0.3 is 20.5 Å². The van der Waals surface area contributed by atoms with Crippen molar-refractivity contribution in [3.8, 4) is 11.5 Å². The van der Waals surface area contributed by atoms with Crippen LogP contribution in [0.4, 0.5) is 5.82 Å². The third kappa shape index (κ3) is 3.54.